The first kappa shape index (κ1) is 18.4. The van der Waals surface area contributed by atoms with Crippen molar-refractivity contribution < 1.29 is 9.53 Å². The van der Waals surface area contributed by atoms with Crippen molar-refractivity contribution in [2.45, 2.75) is 11.8 Å². The SMILES string of the molecule is Cc1ccc(SCC(=O)Nc2cc(Cl)ccc2Oc2ccccc2)cc1. The number of hydrogen-bond acceptors (Lipinski definition) is 3. The number of thioether (sulfide) groups is 1. The molecular formula is C21H18ClNO2S. The summed E-state index contributed by atoms with van der Waals surface area (Å²) in [5.41, 5.74) is 1.75. The standard InChI is InChI=1S/C21H18ClNO2S/c1-15-7-10-18(11-8-15)26-14-21(24)23-19-13-16(22)9-12-20(19)25-17-5-3-2-4-6-17/h2-13H,14H2,1H3,(H,23,24). The summed E-state index contributed by atoms with van der Waals surface area (Å²) in [7, 11) is 0. The molecule has 5 heteroatoms. The highest BCUT2D eigenvalue weighted by Gasteiger charge is 2.10. The molecule has 0 spiro atoms. The molecule has 1 N–H and O–H groups in total. The Morgan fingerprint density at radius 1 is 1.04 bits per heavy atom. The summed E-state index contributed by atoms with van der Waals surface area (Å²) in [6, 6.07) is 22.7. The van der Waals surface area contributed by atoms with Crippen LogP contribution in [0.15, 0.2) is 77.7 Å². The number of ether oxygens (including phenoxy) is 1. The van der Waals surface area contributed by atoms with Crippen LogP contribution in [0.25, 0.3) is 0 Å². The van der Waals surface area contributed by atoms with E-state index in [4.69, 9.17) is 16.3 Å². The smallest absolute Gasteiger partial charge is 0.234 e. The van der Waals surface area contributed by atoms with E-state index in [0.717, 1.165) is 4.90 Å². The maximum absolute atomic E-state index is 12.3. The van der Waals surface area contributed by atoms with Gasteiger partial charge in [-0.2, -0.15) is 0 Å². The molecule has 26 heavy (non-hydrogen) atoms. The van der Waals surface area contributed by atoms with E-state index >= 15 is 0 Å². The van der Waals surface area contributed by atoms with Gasteiger partial charge in [0.1, 0.15) is 5.75 Å². The van der Waals surface area contributed by atoms with Gasteiger partial charge in [0, 0.05) is 9.92 Å². The van der Waals surface area contributed by atoms with E-state index in [2.05, 4.69) is 5.32 Å². The van der Waals surface area contributed by atoms with Gasteiger partial charge in [0.25, 0.3) is 0 Å². The lowest BCUT2D eigenvalue weighted by atomic mass is 10.2. The Balaban J connectivity index is 1.67. The van der Waals surface area contributed by atoms with Gasteiger partial charge >= 0.3 is 0 Å². The molecule has 0 fully saturated rings. The lowest BCUT2D eigenvalue weighted by Gasteiger charge is -2.13. The van der Waals surface area contributed by atoms with Gasteiger partial charge in [-0.05, 0) is 49.4 Å². The molecule has 3 aromatic carbocycles. The predicted octanol–water partition coefficient (Wildman–Crippen LogP) is 6.17. The molecule has 0 unspecified atom stereocenters. The van der Waals surface area contributed by atoms with Gasteiger partial charge in [0.05, 0.1) is 11.4 Å². The maximum atomic E-state index is 12.3. The quantitative estimate of drug-likeness (QED) is 0.517. The van der Waals surface area contributed by atoms with Crippen LogP contribution in [0.3, 0.4) is 0 Å². The van der Waals surface area contributed by atoms with Crippen molar-refractivity contribution in [3.05, 3.63) is 83.4 Å². The van der Waals surface area contributed by atoms with E-state index in [1.165, 1.54) is 17.3 Å². The van der Waals surface area contributed by atoms with Gasteiger partial charge in [-0.15, -0.1) is 11.8 Å². The van der Waals surface area contributed by atoms with Gasteiger partial charge in [-0.25, -0.2) is 0 Å². The second-order valence-electron chi connectivity index (χ2n) is 5.71. The van der Waals surface area contributed by atoms with Crippen molar-refractivity contribution in [2.24, 2.45) is 0 Å². The minimum absolute atomic E-state index is 0.115. The molecule has 0 aliphatic heterocycles. The van der Waals surface area contributed by atoms with E-state index in [-0.39, 0.29) is 5.91 Å². The number of nitrogens with one attached hydrogen (secondary N) is 1. The fourth-order valence-corrected chi connectivity index (χ4v) is 3.14. The minimum Gasteiger partial charge on any atom is -0.455 e. The van der Waals surface area contributed by atoms with E-state index in [0.29, 0.717) is 28.0 Å². The predicted molar refractivity (Wildman–Crippen MR) is 109 cm³/mol. The van der Waals surface area contributed by atoms with Crippen LogP contribution < -0.4 is 10.1 Å². The fraction of sp³-hybridized carbons (Fsp3) is 0.0952. The topological polar surface area (TPSA) is 38.3 Å². The average molecular weight is 384 g/mol. The highest BCUT2D eigenvalue weighted by atomic mass is 35.5. The number of benzene rings is 3. The first-order valence-corrected chi connectivity index (χ1v) is 9.48. The Bertz CT molecular complexity index is 882. The largest absolute Gasteiger partial charge is 0.455 e. The summed E-state index contributed by atoms with van der Waals surface area (Å²) >= 11 is 7.56. The molecule has 3 aromatic rings. The second kappa shape index (κ2) is 8.79. The molecule has 0 saturated carbocycles. The number of carbonyl (C=O) groups is 1. The van der Waals surface area contributed by atoms with Crippen molar-refractivity contribution in [2.75, 3.05) is 11.1 Å². The number of hydrogen-bond donors (Lipinski definition) is 1. The fourth-order valence-electron chi connectivity index (χ4n) is 2.27. The van der Waals surface area contributed by atoms with Crippen molar-refractivity contribution in [1.29, 1.82) is 0 Å². The molecule has 0 atom stereocenters. The van der Waals surface area contributed by atoms with Crippen molar-refractivity contribution in [3.63, 3.8) is 0 Å². The molecule has 3 rings (SSSR count). The number of halogens is 1. The van der Waals surface area contributed by atoms with Crippen LogP contribution in [0.4, 0.5) is 5.69 Å². The molecule has 0 radical (unpaired) electrons. The molecule has 1 amide bonds. The molecular weight excluding hydrogens is 366 g/mol. The zero-order chi connectivity index (χ0) is 18.4. The lowest BCUT2D eigenvalue weighted by Crippen LogP contribution is -2.14. The zero-order valence-corrected chi connectivity index (χ0v) is 15.8. The lowest BCUT2D eigenvalue weighted by molar-refractivity contribution is -0.113. The molecule has 0 saturated heterocycles. The molecule has 0 aromatic heterocycles. The average Bonchev–Trinajstić information content (AvgIpc) is 2.64. The van der Waals surface area contributed by atoms with Crippen LogP contribution >= 0.6 is 23.4 Å². The molecule has 0 aliphatic rings. The first-order valence-electron chi connectivity index (χ1n) is 8.12. The van der Waals surface area contributed by atoms with Crippen LogP contribution in [-0.4, -0.2) is 11.7 Å². The van der Waals surface area contributed by atoms with E-state index in [1.807, 2.05) is 61.5 Å². The Morgan fingerprint density at radius 2 is 1.77 bits per heavy atom. The van der Waals surface area contributed by atoms with Crippen LogP contribution in [0.2, 0.25) is 5.02 Å². The van der Waals surface area contributed by atoms with Crippen LogP contribution in [-0.2, 0) is 4.79 Å². The molecule has 132 valence electrons. The Labute approximate surface area is 162 Å². The highest BCUT2D eigenvalue weighted by molar-refractivity contribution is 8.00. The van der Waals surface area contributed by atoms with Gasteiger partial charge in [-0.1, -0.05) is 47.5 Å². The van der Waals surface area contributed by atoms with E-state index in [9.17, 15) is 4.79 Å². The van der Waals surface area contributed by atoms with Gasteiger partial charge in [0.15, 0.2) is 5.75 Å². The van der Waals surface area contributed by atoms with Crippen molar-refractivity contribution in [1.82, 2.24) is 0 Å². The summed E-state index contributed by atoms with van der Waals surface area (Å²) in [6.07, 6.45) is 0. The van der Waals surface area contributed by atoms with Crippen molar-refractivity contribution in [3.8, 4) is 11.5 Å². The van der Waals surface area contributed by atoms with Crippen molar-refractivity contribution >= 4 is 35.0 Å². The highest BCUT2D eigenvalue weighted by Crippen LogP contribution is 2.32. The third-order valence-electron chi connectivity index (χ3n) is 3.58. The number of aryl methyl sites for hydroxylation is 1. The first-order chi connectivity index (χ1) is 12.6. The van der Waals surface area contributed by atoms with Gasteiger partial charge in [0.2, 0.25) is 5.91 Å². The van der Waals surface area contributed by atoms with Crippen LogP contribution in [0.1, 0.15) is 5.56 Å². The normalized spacial score (nSPS) is 10.4. The Morgan fingerprint density at radius 3 is 2.50 bits per heavy atom. The van der Waals surface area contributed by atoms with Crippen LogP contribution in [0, 0.1) is 6.92 Å². The maximum Gasteiger partial charge on any atom is 0.234 e. The van der Waals surface area contributed by atoms with Crippen LogP contribution in [0.5, 0.6) is 11.5 Å². The molecule has 0 aliphatic carbocycles. The van der Waals surface area contributed by atoms with E-state index < -0.39 is 0 Å². The monoisotopic (exact) mass is 383 g/mol. The number of amides is 1. The number of carbonyl (C=O) groups excluding carboxylic acids is 1. The summed E-state index contributed by atoms with van der Waals surface area (Å²) in [5, 5.41) is 3.42. The molecule has 0 bridgehead atoms. The Kier molecular flexibility index (Phi) is 6.21. The number of rotatable bonds is 6. The summed E-state index contributed by atoms with van der Waals surface area (Å²) in [4.78, 5) is 13.4. The Hall–Kier alpha value is -2.43. The van der Waals surface area contributed by atoms with Gasteiger partial charge < -0.3 is 10.1 Å². The summed E-state index contributed by atoms with van der Waals surface area (Å²) in [6.45, 7) is 2.04. The molecule has 3 nitrogen and oxygen atoms in total. The third-order valence-corrected chi connectivity index (χ3v) is 4.82. The zero-order valence-electron chi connectivity index (χ0n) is 14.2. The number of para-hydroxylation sites is 1. The number of anilines is 1. The second-order valence-corrected chi connectivity index (χ2v) is 7.19. The molecule has 0 heterocycles. The van der Waals surface area contributed by atoms with Gasteiger partial charge in [-0.3, -0.25) is 4.79 Å². The van der Waals surface area contributed by atoms with E-state index in [1.54, 1.807) is 18.2 Å². The summed E-state index contributed by atoms with van der Waals surface area (Å²) in [5.74, 6) is 1.43. The summed E-state index contributed by atoms with van der Waals surface area (Å²) < 4.78 is 5.86. The minimum atomic E-state index is -0.115. The third kappa shape index (κ3) is 5.28.